The first-order chi connectivity index (χ1) is 17.1. The fourth-order valence-corrected chi connectivity index (χ4v) is 8.50. The highest BCUT2D eigenvalue weighted by Gasteiger charge is 2.42. The van der Waals surface area contributed by atoms with Crippen molar-refractivity contribution in [1.82, 2.24) is 18.9 Å². The van der Waals surface area contributed by atoms with Crippen LogP contribution in [0, 0.1) is 0 Å². The molecule has 0 spiro atoms. The van der Waals surface area contributed by atoms with E-state index in [-0.39, 0.29) is 0 Å². The van der Waals surface area contributed by atoms with E-state index in [0.717, 1.165) is 38.9 Å². The number of benzene rings is 3. The van der Waals surface area contributed by atoms with E-state index < -0.39 is 8.37 Å². The zero-order chi connectivity index (χ0) is 24.2. The van der Waals surface area contributed by atoms with Gasteiger partial charge >= 0.3 is 0 Å². The molecule has 0 radical (unpaired) electrons. The number of rotatable bonds is 6. The second-order valence-corrected chi connectivity index (χ2v) is 12.7. The van der Waals surface area contributed by atoms with Gasteiger partial charge in [-0.25, -0.2) is 0 Å². The van der Waals surface area contributed by atoms with E-state index in [1.54, 1.807) is 0 Å². The highest BCUT2D eigenvalue weighted by atomic mass is 31.2. The number of likely N-dealkylation sites (N-methyl/N-ethyl adjacent to an activating group) is 3. The summed E-state index contributed by atoms with van der Waals surface area (Å²) in [5.74, 6) is 0. The van der Waals surface area contributed by atoms with Gasteiger partial charge in [0, 0.05) is 37.8 Å². The first kappa shape index (κ1) is 24.6. The van der Waals surface area contributed by atoms with E-state index >= 15 is 0 Å². The van der Waals surface area contributed by atoms with Crippen LogP contribution in [0.3, 0.4) is 0 Å². The molecule has 6 rings (SSSR count). The highest BCUT2D eigenvalue weighted by Crippen LogP contribution is 2.52. The van der Waals surface area contributed by atoms with Gasteiger partial charge in [0.2, 0.25) is 0 Å². The van der Waals surface area contributed by atoms with Crippen LogP contribution in [0.15, 0.2) is 91.0 Å². The number of hydrogen-bond acceptors (Lipinski definition) is 4. The average Bonchev–Trinajstić information content (AvgIpc) is 2.88. The lowest BCUT2D eigenvalue weighted by atomic mass is 10.0. The third-order valence-corrected chi connectivity index (χ3v) is 10.5. The molecule has 2 bridgehead atoms. The second kappa shape index (κ2) is 11.3. The SMILES string of the molecule is CN1[C@@H](Cc2ccccc2)CN2C[C@H](Cc3ccccc3)N(C)P1N(C)[C@@H](Cc1ccccc1)C2. The van der Waals surface area contributed by atoms with Crippen LogP contribution >= 0.6 is 8.37 Å². The zero-order valence-electron chi connectivity index (χ0n) is 21.4. The molecule has 0 N–H and O–H groups in total. The molecule has 0 aliphatic carbocycles. The van der Waals surface area contributed by atoms with Gasteiger partial charge in [0.15, 0.2) is 0 Å². The monoisotopic (exact) mass is 486 g/mol. The molecule has 3 aliphatic rings. The molecule has 3 fully saturated rings. The van der Waals surface area contributed by atoms with Crippen LogP contribution in [0.25, 0.3) is 0 Å². The van der Waals surface area contributed by atoms with Crippen LogP contribution in [0.4, 0.5) is 0 Å². The third kappa shape index (κ3) is 5.85. The van der Waals surface area contributed by atoms with Crippen LogP contribution in [-0.4, -0.2) is 77.8 Å². The fourth-order valence-electron chi connectivity index (χ4n) is 5.83. The summed E-state index contributed by atoms with van der Waals surface area (Å²) in [6.45, 7) is 3.38. The van der Waals surface area contributed by atoms with Crippen molar-refractivity contribution in [3.63, 3.8) is 0 Å². The quantitative estimate of drug-likeness (QED) is 0.446. The molecular formula is C30H39N4P. The lowest BCUT2D eigenvalue weighted by Gasteiger charge is -2.55. The van der Waals surface area contributed by atoms with Gasteiger partial charge in [0.1, 0.15) is 8.37 Å². The van der Waals surface area contributed by atoms with Crippen molar-refractivity contribution in [1.29, 1.82) is 0 Å². The minimum Gasteiger partial charge on any atom is -0.299 e. The summed E-state index contributed by atoms with van der Waals surface area (Å²) in [5.41, 5.74) is 4.31. The van der Waals surface area contributed by atoms with Gasteiger partial charge < -0.3 is 0 Å². The van der Waals surface area contributed by atoms with Crippen molar-refractivity contribution in [3.05, 3.63) is 108 Å². The Labute approximate surface area is 213 Å². The van der Waals surface area contributed by atoms with Crippen LogP contribution in [0.5, 0.6) is 0 Å². The summed E-state index contributed by atoms with van der Waals surface area (Å²) < 4.78 is 8.14. The summed E-state index contributed by atoms with van der Waals surface area (Å²) in [4.78, 5) is 2.77. The highest BCUT2D eigenvalue weighted by molar-refractivity contribution is 7.50. The second-order valence-electron chi connectivity index (χ2n) is 10.2. The summed E-state index contributed by atoms with van der Waals surface area (Å²) in [6, 6.07) is 34.6. The summed E-state index contributed by atoms with van der Waals surface area (Å²) in [5, 5.41) is 0. The predicted octanol–water partition coefficient (Wildman–Crippen LogP) is 5.17. The molecule has 184 valence electrons. The van der Waals surface area contributed by atoms with Gasteiger partial charge in [-0.1, -0.05) is 91.0 Å². The predicted molar refractivity (Wildman–Crippen MR) is 148 cm³/mol. The normalized spacial score (nSPS) is 28.4. The van der Waals surface area contributed by atoms with Crippen molar-refractivity contribution in [2.45, 2.75) is 37.4 Å². The first-order valence-corrected chi connectivity index (χ1v) is 14.1. The Balaban J connectivity index is 1.44. The molecule has 0 unspecified atom stereocenters. The summed E-state index contributed by atoms with van der Waals surface area (Å²) >= 11 is 0. The minimum atomic E-state index is -0.594. The average molecular weight is 487 g/mol. The molecule has 0 amide bonds. The molecule has 0 saturated carbocycles. The zero-order valence-corrected chi connectivity index (χ0v) is 22.3. The van der Waals surface area contributed by atoms with Crippen molar-refractivity contribution < 1.29 is 0 Å². The van der Waals surface area contributed by atoms with Crippen molar-refractivity contribution in [3.8, 4) is 0 Å². The molecule has 5 heteroatoms. The Morgan fingerprint density at radius 1 is 0.514 bits per heavy atom. The molecule has 4 nitrogen and oxygen atoms in total. The fraction of sp³-hybridized carbons (Fsp3) is 0.400. The Hall–Kier alpha value is -2.07. The van der Waals surface area contributed by atoms with Crippen molar-refractivity contribution >= 4 is 8.37 Å². The van der Waals surface area contributed by atoms with Crippen molar-refractivity contribution in [2.24, 2.45) is 0 Å². The van der Waals surface area contributed by atoms with Crippen LogP contribution in [0.1, 0.15) is 16.7 Å². The lowest BCUT2D eigenvalue weighted by Crippen LogP contribution is -2.60. The maximum Gasteiger partial charge on any atom is 0.120 e. The maximum absolute atomic E-state index is 2.77. The van der Waals surface area contributed by atoms with Crippen LogP contribution in [-0.2, 0) is 19.3 Å². The van der Waals surface area contributed by atoms with Gasteiger partial charge in [0.25, 0.3) is 0 Å². The van der Waals surface area contributed by atoms with Gasteiger partial charge in [0.05, 0.1) is 0 Å². The Kier molecular flexibility index (Phi) is 7.97. The molecule has 3 heterocycles. The van der Waals surface area contributed by atoms with Crippen LogP contribution in [0.2, 0.25) is 0 Å². The van der Waals surface area contributed by atoms with Gasteiger partial charge in [-0.05, 0) is 57.1 Å². The molecular weight excluding hydrogens is 447 g/mol. The smallest absolute Gasteiger partial charge is 0.120 e. The van der Waals surface area contributed by atoms with Gasteiger partial charge in [-0.2, -0.15) is 0 Å². The Morgan fingerprint density at radius 2 is 0.800 bits per heavy atom. The van der Waals surface area contributed by atoms with Crippen molar-refractivity contribution in [2.75, 3.05) is 40.8 Å². The third-order valence-electron chi connectivity index (χ3n) is 7.78. The lowest BCUT2D eigenvalue weighted by molar-refractivity contribution is 0.0976. The van der Waals surface area contributed by atoms with Gasteiger partial charge in [-0.3, -0.25) is 18.9 Å². The van der Waals surface area contributed by atoms with E-state index in [2.05, 4.69) is 131 Å². The molecule has 3 saturated heterocycles. The number of nitrogens with zero attached hydrogens (tertiary/aromatic N) is 4. The van der Waals surface area contributed by atoms with E-state index in [1.165, 1.54) is 16.7 Å². The standard InChI is InChI=1S/C30H39N4P/c1-31-28(19-25-13-7-4-8-14-25)22-34-23-29(20-26-15-9-5-10-16-26)32(2)35(31)33(3)30(24-34)21-27-17-11-6-12-18-27/h4-18,28-30H,19-24H2,1-3H3/t28-,29-,30-/m0/s1. The topological polar surface area (TPSA) is 13.0 Å². The molecule has 3 atom stereocenters. The Bertz CT molecular complexity index is 911. The molecule has 3 aromatic carbocycles. The number of hydrogen-bond donors (Lipinski definition) is 0. The van der Waals surface area contributed by atoms with E-state index in [9.17, 15) is 0 Å². The maximum atomic E-state index is 2.77. The largest absolute Gasteiger partial charge is 0.299 e. The van der Waals surface area contributed by atoms with E-state index in [4.69, 9.17) is 0 Å². The Morgan fingerprint density at radius 3 is 1.09 bits per heavy atom. The van der Waals surface area contributed by atoms with Crippen LogP contribution < -0.4 is 0 Å². The van der Waals surface area contributed by atoms with E-state index in [0.29, 0.717) is 18.1 Å². The van der Waals surface area contributed by atoms with E-state index in [1.807, 2.05) is 0 Å². The summed E-state index contributed by atoms with van der Waals surface area (Å²) in [7, 11) is 6.53. The minimum absolute atomic E-state index is 0.503. The summed E-state index contributed by atoms with van der Waals surface area (Å²) in [6.07, 6.45) is 3.29. The first-order valence-electron chi connectivity index (χ1n) is 12.9. The molecule has 3 aliphatic heterocycles. The molecule has 35 heavy (non-hydrogen) atoms. The molecule has 3 aromatic rings. The molecule has 0 aromatic heterocycles. The van der Waals surface area contributed by atoms with Gasteiger partial charge in [-0.15, -0.1) is 0 Å². The number of fused-ring (bicyclic) bond motifs is 6.